The van der Waals surface area contributed by atoms with Crippen LogP contribution in [0.3, 0.4) is 0 Å². The second-order valence-corrected chi connectivity index (χ2v) is 10.6. The third-order valence-electron chi connectivity index (χ3n) is 6.23. The summed E-state index contributed by atoms with van der Waals surface area (Å²) < 4.78 is 43.4. The normalized spacial score (nSPS) is 18.2. The van der Waals surface area contributed by atoms with Crippen LogP contribution in [0.4, 0.5) is 19.0 Å². The lowest BCUT2D eigenvalue weighted by atomic mass is 9.93. The molecule has 1 fully saturated rings. The zero-order chi connectivity index (χ0) is 28.1. The Labute approximate surface area is 230 Å². The molecule has 2 N–H and O–H groups in total. The van der Waals surface area contributed by atoms with Crippen molar-refractivity contribution in [3.63, 3.8) is 0 Å². The van der Waals surface area contributed by atoms with Crippen molar-refractivity contribution in [2.24, 2.45) is 0 Å². The van der Waals surface area contributed by atoms with Crippen LogP contribution in [0.25, 0.3) is 0 Å². The van der Waals surface area contributed by atoms with Gasteiger partial charge in [0.2, 0.25) is 0 Å². The molecule has 0 saturated carbocycles. The Hall–Kier alpha value is -2.72. The molecule has 2 amide bonds. The summed E-state index contributed by atoms with van der Waals surface area (Å²) in [5, 5.41) is 5.73. The van der Waals surface area contributed by atoms with E-state index in [9.17, 15) is 22.8 Å². The van der Waals surface area contributed by atoms with Crippen LogP contribution in [0, 0.1) is 0 Å². The van der Waals surface area contributed by atoms with E-state index in [2.05, 4.69) is 10.3 Å². The van der Waals surface area contributed by atoms with Crippen LogP contribution in [-0.2, 0) is 4.79 Å². The smallest absolute Gasteiger partial charge is 0.405 e. The fourth-order valence-corrected chi connectivity index (χ4v) is 4.78. The van der Waals surface area contributed by atoms with Crippen LogP contribution in [0.2, 0.25) is 10.0 Å². The van der Waals surface area contributed by atoms with Gasteiger partial charge < -0.3 is 20.3 Å². The number of nitrogens with zero attached hydrogens (tertiary/aromatic N) is 2. The topological polar surface area (TPSA) is 83.6 Å². The van der Waals surface area contributed by atoms with Gasteiger partial charge >= 0.3 is 6.18 Å². The number of halogens is 5. The fourth-order valence-electron chi connectivity index (χ4n) is 4.33. The van der Waals surface area contributed by atoms with Gasteiger partial charge in [-0.2, -0.15) is 13.2 Å². The summed E-state index contributed by atoms with van der Waals surface area (Å²) in [6, 6.07) is 7.55. The van der Waals surface area contributed by atoms with E-state index in [4.69, 9.17) is 27.9 Å². The molecule has 7 nitrogen and oxygen atoms in total. The predicted octanol–water partition coefficient (Wildman–Crippen LogP) is 5.79. The van der Waals surface area contributed by atoms with Crippen molar-refractivity contribution in [1.29, 1.82) is 0 Å². The van der Waals surface area contributed by atoms with E-state index in [1.54, 1.807) is 32.0 Å². The molecule has 2 atom stereocenters. The molecule has 2 heterocycles. The van der Waals surface area contributed by atoms with Gasteiger partial charge in [0.05, 0.1) is 5.02 Å². The number of amides is 2. The first-order valence-corrected chi connectivity index (χ1v) is 13.1. The monoisotopic (exact) mass is 574 g/mol. The first-order valence-electron chi connectivity index (χ1n) is 12.3. The molecule has 0 aliphatic carbocycles. The number of pyridine rings is 1. The second kappa shape index (κ2) is 12.4. The van der Waals surface area contributed by atoms with Gasteiger partial charge in [0.15, 0.2) is 5.60 Å². The van der Waals surface area contributed by atoms with E-state index < -0.39 is 24.2 Å². The molecular formula is C26H31Cl2F3N4O3. The van der Waals surface area contributed by atoms with Crippen molar-refractivity contribution < 1.29 is 27.5 Å². The minimum atomic E-state index is -4.50. The predicted molar refractivity (Wildman–Crippen MR) is 141 cm³/mol. The minimum Gasteiger partial charge on any atom is -0.476 e. The van der Waals surface area contributed by atoms with Crippen molar-refractivity contribution in [3.8, 4) is 5.75 Å². The Morgan fingerprint density at radius 1 is 1.18 bits per heavy atom. The summed E-state index contributed by atoms with van der Waals surface area (Å²) in [5.74, 6) is -0.254. The molecule has 1 aromatic heterocycles. The highest BCUT2D eigenvalue weighted by molar-refractivity contribution is 6.35. The molecule has 3 rings (SSSR count). The zero-order valence-corrected chi connectivity index (χ0v) is 22.9. The van der Waals surface area contributed by atoms with E-state index in [1.807, 2.05) is 17.1 Å². The number of piperidine rings is 1. The number of ether oxygens (including phenoxy) is 1. The Morgan fingerprint density at radius 3 is 2.58 bits per heavy atom. The molecular weight excluding hydrogens is 544 g/mol. The number of carbonyl (C=O) groups excluding carboxylic acids is 2. The summed E-state index contributed by atoms with van der Waals surface area (Å²) in [6.45, 7) is 4.50. The highest BCUT2D eigenvalue weighted by Gasteiger charge is 2.36. The molecule has 208 valence electrons. The number of anilines is 1. The molecule has 1 aliphatic heterocycles. The van der Waals surface area contributed by atoms with Crippen LogP contribution in [0.1, 0.15) is 56.8 Å². The lowest BCUT2D eigenvalue weighted by Gasteiger charge is -2.41. The number of benzene rings is 1. The van der Waals surface area contributed by atoms with Crippen LogP contribution < -0.4 is 20.3 Å². The highest BCUT2D eigenvalue weighted by atomic mass is 35.5. The van der Waals surface area contributed by atoms with E-state index in [1.165, 1.54) is 18.3 Å². The van der Waals surface area contributed by atoms with Gasteiger partial charge in [-0.25, -0.2) is 4.98 Å². The van der Waals surface area contributed by atoms with E-state index in [-0.39, 0.29) is 23.6 Å². The standard InChI is InChI=1S/C26H31Cl2F3N4O3/c1-4-5-19-14-18(34-24(37)25(2,3)38-21-7-6-17(27)13-20(21)28)9-11-35(19)22-12-16(8-10-32-22)23(36)33-15-26(29,30)31/h6-8,10,12-13,18-19H,4-5,9,11,14-15H2,1-3H3,(H,33,36)(H,34,37). The molecule has 0 bridgehead atoms. The van der Waals surface area contributed by atoms with E-state index >= 15 is 0 Å². The summed E-state index contributed by atoms with van der Waals surface area (Å²) in [5.41, 5.74) is -1.10. The van der Waals surface area contributed by atoms with Crippen LogP contribution in [0.15, 0.2) is 36.5 Å². The molecule has 1 aromatic carbocycles. The van der Waals surface area contributed by atoms with E-state index in [0.717, 1.165) is 12.8 Å². The summed E-state index contributed by atoms with van der Waals surface area (Å²) in [6.07, 6.45) is -0.170. The number of carbonyl (C=O) groups is 2. The van der Waals surface area contributed by atoms with Gasteiger partial charge in [-0.1, -0.05) is 36.5 Å². The third-order valence-corrected chi connectivity index (χ3v) is 6.76. The Kier molecular flexibility index (Phi) is 9.75. The zero-order valence-electron chi connectivity index (χ0n) is 21.4. The average molecular weight is 575 g/mol. The summed E-state index contributed by atoms with van der Waals surface area (Å²) in [7, 11) is 0. The number of aromatic nitrogens is 1. The van der Waals surface area contributed by atoms with Gasteiger partial charge in [-0.3, -0.25) is 9.59 Å². The van der Waals surface area contributed by atoms with Crippen molar-refractivity contribution in [2.45, 2.75) is 70.3 Å². The average Bonchev–Trinajstić information content (AvgIpc) is 2.84. The maximum absolute atomic E-state index is 13.1. The lowest BCUT2D eigenvalue weighted by molar-refractivity contribution is -0.135. The maximum Gasteiger partial charge on any atom is 0.405 e. The third kappa shape index (κ3) is 8.14. The highest BCUT2D eigenvalue weighted by Crippen LogP contribution is 2.31. The quantitative estimate of drug-likeness (QED) is 0.396. The lowest BCUT2D eigenvalue weighted by Crippen LogP contribution is -2.55. The SMILES string of the molecule is CCCC1CC(NC(=O)C(C)(C)Oc2ccc(Cl)cc2Cl)CCN1c1cc(C(=O)NCC(F)(F)F)ccn1. The number of hydrogen-bond donors (Lipinski definition) is 2. The fraction of sp³-hybridized carbons (Fsp3) is 0.500. The van der Waals surface area contributed by atoms with Crippen molar-refractivity contribution in [2.75, 3.05) is 18.0 Å². The van der Waals surface area contributed by atoms with Crippen LogP contribution in [0.5, 0.6) is 5.75 Å². The number of rotatable bonds is 9. The molecule has 1 aliphatic rings. The minimum absolute atomic E-state index is 0.00905. The Bertz CT molecular complexity index is 1150. The molecule has 12 heteroatoms. The first-order chi connectivity index (χ1) is 17.8. The number of alkyl halides is 3. The van der Waals surface area contributed by atoms with Gasteiger partial charge in [0.1, 0.15) is 18.1 Å². The van der Waals surface area contributed by atoms with Crippen molar-refractivity contribution in [3.05, 3.63) is 52.1 Å². The molecule has 2 aromatic rings. The van der Waals surface area contributed by atoms with Crippen molar-refractivity contribution in [1.82, 2.24) is 15.6 Å². The molecule has 38 heavy (non-hydrogen) atoms. The summed E-state index contributed by atoms with van der Waals surface area (Å²) in [4.78, 5) is 31.8. The number of nitrogens with one attached hydrogen (secondary N) is 2. The van der Waals surface area contributed by atoms with E-state index in [0.29, 0.717) is 41.0 Å². The Balaban J connectivity index is 1.66. The van der Waals surface area contributed by atoms with Gasteiger partial charge in [0.25, 0.3) is 11.8 Å². The molecule has 0 radical (unpaired) electrons. The van der Waals surface area contributed by atoms with Crippen LogP contribution >= 0.6 is 23.2 Å². The Morgan fingerprint density at radius 2 is 1.92 bits per heavy atom. The first kappa shape index (κ1) is 29.8. The number of hydrogen-bond acceptors (Lipinski definition) is 5. The van der Waals surface area contributed by atoms with Gasteiger partial charge in [0, 0.05) is 35.4 Å². The summed E-state index contributed by atoms with van der Waals surface area (Å²) >= 11 is 12.1. The molecule has 1 saturated heterocycles. The maximum atomic E-state index is 13.1. The van der Waals surface area contributed by atoms with Gasteiger partial charge in [-0.15, -0.1) is 0 Å². The second-order valence-electron chi connectivity index (χ2n) is 9.72. The molecule has 0 spiro atoms. The molecule has 2 unspecified atom stereocenters. The van der Waals surface area contributed by atoms with Crippen LogP contribution in [-0.4, -0.2) is 53.7 Å². The van der Waals surface area contributed by atoms with Crippen molar-refractivity contribution >= 4 is 40.8 Å². The van der Waals surface area contributed by atoms with Gasteiger partial charge in [-0.05, 0) is 63.4 Å². The largest absolute Gasteiger partial charge is 0.476 e.